The molecule has 0 saturated carbocycles. The molecule has 0 unspecified atom stereocenters. The Morgan fingerprint density at radius 1 is 1.26 bits per heavy atom. The number of anilines is 1. The summed E-state index contributed by atoms with van der Waals surface area (Å²) in [6, 6.07) is 8.19. The van der Waals surface area contributed by atoms with Gasteiger partial charge in [-0.25, -0.2) is 0 Å². The minimum Gasteiger partial charge on any atom is -0.379 e. The van der Waals surface area contributed by atoms with Gasteiger partial charge in [-0.15, -0.1) is 0 Å². The molecule has 0 radical (unpaired) electrons. The van der Waals surface area contributed by atoms with Crippen molar-refractivity contribution < 1.29 is 0 Å². The Kier molecular flexibility index (Phi) is 4.33. The first-order valence-corrected chi connectivity index (χ1v) is 7.34. The third kappa shape index (κ3) is 3.20. The molecular formula is C14H13Br2N3. The van der Waals surface area contributed by atoms with Crippen LogP contribution in [-0.4, -0.2) is 4.57 Å². The van der Waals surface area contributed by atoms with Crippen LogP contribution < -0.4 is 5.32 Å². The molecule has 0 saturated heterocycles. The molecule has 0 spiro atoms. The van der Waals surface area contributed by atoms with Crippen molar-refractivity contribution >= 4 is 37.5 Å². The topological polar surface area (TPSA) is 40.8 Å². The van der Waals surface area contributed by atoms with Gasteiger partial charge in [0, 0.05) is 28.7 Å². The van der Waals surface area contributed by atoms with E-state index in [1.54, 1.807) is 0 Å². The van der Waals surface area contributed by atoms with Gasteiger partial charge in [0.2, 0.25) is 0 Å². The van der Waals surface area contributed by atoms with E-state index in [2.05, 4.69) is 62.3 Å². The Morgan fingerprint density at radius 2 is 1.89 bits per heavy atom. The molecule has 0 aliphatic carbocycles. The lowest BCUT2D eigenvalue weighted by molar-refractivity contribution is 0.902. The summed E-state index contributed by atoms with van der Waals surface area (Å²) < 4.78 is 3.88. The molecule has 0 amide bonds. The maximum Gasteiger partial charge on any atom is 0.120 e. The molecule has 1 heterocycles. The fourth-order valence-corrected chi connectivity index (χ4v) is 3.60. The van der Waals surface area contributed by atoms with E-state index in [0.29, 0.717) is 12.2 Å². The van der Waals surface area contributed by atoms with Crippen LogP contribution >= 0.6 is 31.9 Å². The molecule has 0 aliphatic heterocycles. The average molecular weight is 383 g/mol. The van der Waals surface area contributed by atoms with Crippen LogP contribution in [0.15, 0.2) is 33.3 Å². The molecule has 0 atom stereocenters. The predicted octanol–water partition coefficient (Wildman–Crippen LogP) is 4.34. The van der Waals surface area contributed by atoms with Gasteiger partial charge in [-0.2, -0.15) is 5.26 Å². The van der Waals surface area contributed by atoms with Crippen LogP contribution in [0, 0.1) is 18.3 Å². The molecule has 1 N–H and O–H groups in total. The largest absolute Gasteiger partial charge is 0.379 e. The second kappa shape index (κ2) is 5.81. The number of hydrogen-bond acceptors (Lipinski definition) is 2. The van der Waals surface area contributed by atoms with E-state index in [9.17, 15) is 0 Å². The summed E-state index contributed by atoms with van der Waals surface area (Å²) in [5.41, 5.74) is 3.96. The third-order valence-corrected chi connectivity index (χ3v) is 4.08. The number of aromatic nitrogens is 1. The van der Waals surface area contributed by atoms with E-state index >= 15 is 0 Å². The van der Waals surface area contributed by atoms with Crippen molar-refractivity contribution in [3.8, 4) is 6.07 Å². The Hall–Kier alpha value is -1.25. The summed E-state index contributed by atoms with van der Waals surface area (Å²) in [5, 5.41) is 12.3. The normalized spacial score (nSPS) is 10.3. The highest BCUT2D eigenvalue weighted by molar-refractivity contribution is 9.11. The Labute approximate surface area is 129 Å². The van der Waals surface area contributed by atoms with E-state index in [1.807, 2.05) is 23.9 Å². The highest BCUT2D eigenvalue weighted by Gasteiger charge is 2.07. The lowest BCUT2D eigenvalue weighted by Crippen LogP contribution is -2.00. The number of nitriles is 1. The van der Waals surface area contributed by atoms with Crippen molar-refractivity contribution in [2.45, 2.75) is 13.5 Å². The van der Waals surface area contributed by atoms with E-state index in [1.165, 1.54) is 5.56 Å². The lowest BCUT2D eigenvalue weighted by Gasteiger charge is -2.11. The summed E-state index contributed by atoms with van der Waals surface area (Å²) in [4.78, 5) is 0. The van der Waals surface area contributed by atoms with Gasteiger partial charge in [0.25, 0.3) is 0 Å². The predicted molar refractivity (Wildman–Crippen MR) is 84.0 cm³/mol. The van der Waals surface area contributed by atoms with E-state index < -0.39 is 0 Å². The zero-order valence-corrected chi connectivity index (χ0v) is 13.8. The summed E-state index contributed by atoms with van der Waals surface area (Å²) >= 11 is 7.11. The molecular weight excluding hydrogens is 370 g/mol. The fourth-order valence-electron chi connectivity index (χ4n) is 1.90. The maximum atomic E-state index is 8.93. The number of halogens is 2. The van der Waals surface area contributed by atoms with Crippen LogP contribution in [0.4, 0.5) is 5.69 Å². The second-order valence-electron chi connectivity index (χ2n) is 4.41. The van der Waals surface area contributed by atoms with Crippen LogP contribution in [0.1, 0.15) is 16.8 Å². The van der Waals surface area contributed by atoms with Crippen molar-refractivity contribution in [1.82, 2.24) is 4.57 Å². The first kappa shape index (κ1) is 14.2. The molecule has 2 aromatic rings. The monoisotopic (exact) mass is 381 g/mol. The van der Waals surface area contributed by atoms with Crippen molar-refractivity contribution in [3.05, 3.63) is 50.2 Å². The number of nitrogens with one attached hydrogen (secondary N) is 1. The summed E-state index contributed by atoms with van der Waals surface area (Å²) in [6.07, 6.45) is 1.96. The van der Waals surface area contributed by atoms with Crippen molar-refractivity contribution in [1.29, 1.82) is 5.26 Å². The molecule has 3 nitrogen and oxygen atoms in total. The van der Waals surface area contributed by atoms with E-state index in [-0.39, 0.29) is 0 Å². The van der Waals surface area contributed by atoms with Gasteiger partial charge in [0.05, 0.1) is 5.69 Å². The number of aryl methyl sites for hydroxylation is 2. The Morgan fingerprint density at radius 3 is 2.42 bits per heavy atom. The zero-order chi connectivity index (χ0) is 14.0. The quantitative estimate of drug-likeness (QED) is 0.857. The van der Waals surface area contributed by atoms with Gasteiger partial charge in [-0.1, -0.05) is 0 Å². The van der Waals surface area contributed by atoms with Crippen LogP contribution in [-0.2, 0) is 13.6 Å². The summed E-state index contributed by atoms with van der Waals surface area (Å²) in [6.45, 7) is 2.73. The molecule has 0 bridgehead atoms. The summed E-state index contributed by atoms with van der Waals surface area (Å²) in [7, 11) is 1.87. The van der Waals surface area contributed by atoms with Crippen molar-refractivity contribution in [2.24, 2.45) is 7.05 Å². The van der Waals surface area contributed by atoms with Gasteiger partial charge in [-0.05, 0) is 68.1 Å². The van der Waals surface area contributed by atoms with Gasteiger partial charge in [0.15, 0.2) is 0 Å². The van der Waals surface area contributed by atoms with E-state index in [4.69, 9.17) is 5.26 Å². The first-order chi connectivity index (χ1) is 9.01. The first-order valence-electron chi connectivity index (χ1n) is 5.76. The Balaban J connectivity index is 2.17. The number of hydrogen-bond donors (Lipinski definition) is 1. The minimum absolute atomic E-state index is 0.666. The fraction of sp³-hybridized carbons (Fsp3) is 0.214. The molecule has 98 valence electrons. The number of nitrogens with zero attached hydrogens (tertiary/aromatic N) is 2. The standard InChI is InChI=1S/C14H13Br2N3/c1-9-3-12(15)14(13(16)4-9)18-7-10-5-11(6-17)19(2)8-10/h3-5,8,18H,7H2,1-2H3. The smallest absolute Gasteiger partial charge is 0.120 e. The molecule has 19 heavy (non-hydrogen) atoms. The molecule has 5 heteroatoms. The Bertz CT molecular complexity index is 630. The van der Waals surface area contributed by atoms with Gasteiger partial charge in [0.1, 0.15) is 11.8 Å². The van der Waals surface area contributed by atoms with Gasteiger partial charge in [-0.3, -0.25) is 0 Å². The molecule has 1 aromatic carbocycles. The van der Waals surface area contributed by atoms with Crippen molar-refractivity contribution in [3.63, 3.8) is 0 Å². The zero-order valence-electron chi connectivity index (χ0n) is 10.7. The average Bonchev–Trinajstić information content (AvgIpc) is 2.68. The molecule has 1 aromatic heterocycles. The highest BCUT2D eigenvalue weighted by Crippen LogP contribution is 2.32. The SMILES string of the molecule is Cc1cc(Br)c(NCc2cc(C#N)n(C)c2)c(Br)c1. The van der Waals surface area contributed by atoms with Crippen molar-refractivity contribution in [2.75, 3.05) is 5.32 Å². The number of benzene rings is 1. The molecule has 0 aliphatic rings. The van der Waals surface area contributed by atoms with Gasteiger partial charge < -0.3 is 9.88 Å². The molecule has 2 rings (SSSR count). The number of rotatable bonds is 3. The van der Waals surface area contributed by atoms with Crippen LogP contribution in [0.5, 0.6) is 0 Å². The third-order valence-electron chi connectivity index (χ3n) is 2.83. The van der Waals surface area contributed by atoms with Crippen LogP contribution in [0.25, 0.3) is 0 Å². The second-order valence-corrected chi connectivity index (χ2v) is 6.12. The van der Waals surface area contributed by atoms with Gasteiger partial charge >= 0.3 is 0 Å². The highest BCUT2D eigenvalue weighted by atomic mass is 79.9. The summed E-state index contributed by atoms with van der Waals surface area (Å²) in [5.74, 6) is 0. The molecule has 0 fully saturated rings. The maximum absolute atomic E-state index is 8.93. The lowest BCUT2D eigenvalue weighted by atomic mass is 10.2. The van der Waals surface area contributed by atoms with Crippen LogP contribution in [0.2, 0.25) is 0 Å². The van der Waals surface area contributed by atoms with Crippen LogP contribution in [0.3, 0.4) is 0 Å². The minimum atomic E-state index is 0.666. The van der Waals surface area contributed by atoms with E-state index in [0.717, 1.165) is 20.2 Å².